The summed E-state index contributed by atoms with van der Waals surface area (Å²) in [6.45, 7) is 10.8. The Morgan fingerprint density at radius 2 is 1.90 bits per heavy atom. The lowest BCUT2D eigenvalue weighted by Gasteiger charge is -2.38. The molecule has 1 atom stereocenters. The Morgan fingerprint density at radius 3 is 2.60 bits per heavy atom. The Bertz CT molecular complexity index is 1510. The van der Waals surface area contributed by atoms with Crippen LogP contribution in [0.2, 0.25) is 0 Å². The highest BCUT2D eigenvalue weighted by atomic mass is 32.1. The van der Waals surface area contributed by atoms with Gasteiger partial charge in [0, 0.05) is 55.2 Å². The predicted octanol–water partition coefficient (Wildman–Crippen LogP) is 6.54. The van der Waals surface area contributed by atoms with Crippen molar-refractivity contribution in [2.24, 2.45) is 0 Å². The van der Waals surface area contributed by atoms with E-state index in [1.807, 2.05) is 61.1 Å². The first-order chi connectivity index (χ1) is 20.3. The van der Waals surface area contributed by atoms with Crippen molar-refractivity contribution in [3.05, 3.63) is 42.2 Å². The van der Waals surface area contributed by atoms with Crippen LogP contribution in [-0.4, -0.2) is 73.8 Å². The minimum absolute atomic E-state index is 0.00725. The van der Waals surface area contributed by atoms with Gasteiger partial charge in [0.1, 0.15) is 11.8 Å². The van der Waals surface area contributed by atoms with Gasteiger partial charge in [-0.25, -0.2) is 14.5 Å². The van der Waals surface area contributed by atoms with Crippen LogP contribution in [-0.2, 0) is 9.47 Å². The highest BCUT2D eigenvalue weighted by Gasteiger charge is 2.30. The zero-order valence-electron chi connectivity index (χ0n) is 24.8. The number of carbonyl (C=O) groups excluding carboxylic acids is 1. The van der Waals surface area contributed by atoms with Crippen LogP contribution in [0.1, 0.15) is 66.0 Å². The van der Waals surface area contributed by atoms with Crippen LogP contribution >= 0.6 is 11.3 Å². The number of aromatic nitrogens is 5. The third-order valence-electron chi connectivity index (χ3n) is 7.97. The van der Waals surface area contributed by atoms with Gasteiger partial charge in [-0.05, 0) is 71.9 Å². The Hall–Kier alpha value is -3.57. The molecule has 42 heavy (non-hydrogen) atoms. The number of hydrogen-bond donors (Lipinski definition) is 0. The molecule has 2 aliphatic heterocycles. The Morgan fingerprint density at radius 1 is 1.10 bits per heavy atom. The van der Waals surface area contributed by atoms with E-state index in [0.29, 0.717) is 6.54 Å². The van der Waals surface area contributed by atoms with Crippen LogP contribution in [0, 0.1) is 0 Å². The van der Waals surface area contributed by atoms with Gasteiger partial charge in [0.15, 0.2) is 5.82 Å². The number of fused-ring (bicyclic) bond motifs is 1. The van der Waals surface area contributed by atoms with Crippen LogP contribution in [0.4, 0.5) is 10.6 Å². The topological polar surface area (TPSA) is 98.5 Å². The first-order valence-corrected chi connectivity index (χ1v) is 15.8. The number of benzene rings is 1. The summed E-state index contributed by atoms with van der Waals surface area (Å²) >= 11 is 1.61. The van der Waals surface area contributed by atoms with E-state index < -0.39 is 5.60 Å². The molecule has 5 heterocycles. The van der Waals surface area contributed by atoms with Crippen molar-refractivity contribution >= 4 is 33.5 Å². The fraction of sp³-hybridized carbons (Fsp3) is 0.516. The Balaban J connectivity index is 1.14. The monoisotopic (exact) mass is 589 g/mol. The fourth-order valence-electron chi connectivity index (χ4n) is 5.85. The van der Waals surface area contributed by atoms with Gasteiger partial charge in [-0.15, -0.1) is 21.5 Å². The van der Waals surface area contributed by atoms with Crippen LogP contribution in [0.15, 0.2) is 42.2 Å². The molecule has 4 aromatic rings. The van der Waals surface area contributed by atoms with E-state index in [1.54, 1.807) is 11.3 Å². The van der Waals surface area contributed by atoms with Crippen LogP contribution in [0.25, 0.3) is 32.6 Å². The maximum atomic E-state index is 12.7. The molecule has 1 aromatic carbocycles. The van der Waals surface area contributed by atoms with Crippen molar-refractivity contribution < 1.29 is 14.3 Å². The number of thiazole rings is 1. The molecule has 0 N–H and O–H groups in total. The number of ether oxygens (including phenoxy) is 2. The van der Waals surface area contributed by atoms with Crippen LogP contribution in [0.3, 0.4) is 0 Å². The standard InChI is InChI=1S/C31H39N7O3S/c1-5-37(30(39)41-31(2,3)4)22-13-15-36(16-14-22)26-12-11-25(34-35-26)24-10-9-23(28-29(24)42-20-32-28)21-18-33-38(19-21)27-8-6-7-17-40-27/h9-12,18-20,22,27H,5-8,13-17H2,1-4H3. The molecule has 2 saturated heterocycles. The molecule has 3 aromatic heterocycles. The molecule has 1 unspecified atom stereocenters. The van der Waals surface area contributed by atoms with Crippen LogP contribution in [0.5, 0.6) is 0 Å². The SMILES string of the molecule is CCN(C(=O)OC(C)(C)C)C1CCN(c2ccc(-c3ccc(-c4cnn(C5CCCCO5)c4)c4ncsc34)nn2)CC1. The molecule has 0 bridgehead atoms. The van der Waals surface area contributed by atoms with Gasteiger partial charge in [0.05, 0.1) is 27.6 Å². The zero-order valence-corrected chi connectivity index (χ0v) is 25.6. The second kappa shape index (κ2) is 12.0. The smallest absolute Gasteiger partial charge is 0.410 e. The van der Waals surface area contributed by atoms with Gasteiger partial charge >= 0.3 is 6.09 Å². The average Bonchev–Trinajstić information content (AvgIpc) is 3.68. The van der Waals surface area contributed by atoms with E-state index in [-0.39, 0.29) is 18.4 Å². The van der Waals surface area contributed by atoms with E-state index in [0.717, 1.165) is 90.2 Å². The molecule has 222 valence electrons. The molecule has 6 rings (SSSR count). The van der Waals surface area contributed by atoms with E-state index >= 15 is 0 Å². The number of nitrogens with zero attached hydrogens (tertiary/aromatic N) is 7. The summed E-state index contributed by atoms with van der Waals surface area (Å²) < 4.78 is 14.6. The second-order valence-electron chi connectivity index (χ2n) is 12.0. The molecule has 0 aliphatic carbocycles. The zero-order chi connectivity index (χ0) is 29.3. The molecule has 0 radical (unpaired) electrons. The number of piperidine rings is 1. The molecule has 1 amide bonds. The molecule has 2 aliphatic rings. The third-order valence-corrected chi connectivity index (χ3v) is 8.83. The summed E-state index contributed by atoms with van der Waals surface area (Å²) in [7, 11) is 0. The molecule has 0 spiro atoms. The maximum absolute atomic E-state index is 12.7. The average molecular weight is 590 g/mol. The number of carbonyl (C=O) groups is 1. The van der Waals surface area contributed by atoms with Crippen molar-refractivity contribution in [1.82, 2.24) is 29.9 Å². The van der Waals surface area contributed by atoms with Crippen molar-refractivity contribution in [3.8, 4) is 22.4 Å². The minimum atomic E-state index is -0.499. The largest absolute Gasteiger partial charge is 0.444 e. The van der Waals surface area contributed by atoms with E-state index in [4.69, 9.17) is 14.5 Å². The van der Waals surface area contributed by atoms with E-state index in [2.05, 4.69) is 38.5 Å². The van der Waals surface area contributed by atoms with Gasteiger partial charge in [-0.3, -0.25) is 0 Å². The highest BCUT2D eigenvalue weighted by Crippen LogP contribution is 2.37. The minimum Gasteiger partial charge on any atom is -0.444 e. The first-order valence-electron chi connectivity index (χ1n) is 14.9. The molecule has 11 heteroatoms. The fourth-order valence-corrected chi connectivity index (χ4v) is 6.69. The lowest BCUT2D eigenvalue weighted by atomic mass is 10.0. The van der Waals surface area contributed by atoms with E-state index in [9.17, 15) is 4.79 Å². The lowest BCUT2D eigenvalue weighted by Crippen LogP contribution is -2.49. The lowest BCUT2D eigenvalue weighted by molar-refractivity contribution is -0.0394. The van der Waals surface area contributed by atoms with E-state index in [1.165, 1.54) is 0 Å². The summed E-state index contributed by atoms with van der Waals surface area (Å²) in [5.41, 5.74) is 6.26. The highest BCUT2D eigenvalue weighted by molar-refractivity contribution is 7.17. The van der Waals surface area contributed by atoms with Crippen molar-refractivity contribution in [2.45, 2.75) is 77.7 Å². The Labute approximate surface area is 250 Å². The van der Waals surface area contributed by atoms with Crippen molar-refractivity contribution in [3.63, 3.8) is 0 Å². The quantitative estimate of drug-likeness (QED) is 0.250. The number of hydrogen-bond acceptors (Lipinski definition) is 9. The summed E-state index contributed by atoms with van der Waals surface area (Å²) in [5, 5.41) is 13.8. The maximum Gasteiger partial charge on any atom is 0.410 e. The van der Waals surface area contributed by atoms with Gasteiger partial charge < -0.3 is 19.3 Å². The number of rotatable bonds is 6. The number of anilines is 1. The van der Waals surface area contributed by atoms with Gasteiger partial charge in [-0.2, -0.15) is 5.10 Å². The first kappa shape index (κ1) is 28.5. The normalized spacial score (nSPS) is 18.4. The Kier molecular flexibility index (Phi) is 8.13. The summed E-state index contributed by atoms with van der Waals surface area (Å²) in [6.07, 6.45) is 8.73. The molecule has 0 saturated carbocycles. The predicted molar refractivity (Wildman–Crippen MR) is 165 cm³/mol. The van der Waals surface area contributed by atoms with Gasteiger partial charge in [0.2, 0.25) is 0 Å². The van der Waals surface area contributed by atoms with Crippen molar-refractivity contribution in [1.29, 1.82) is 0 Å². The summed E-state index contributed by atoms with van der Waals surface area (Å²) in [5.74, 6) is 0.854. The third kappa shape index (κ3) is 5.98. The molecule has 10 nitrogen and oxygen atoms in total. The molecular weight excluding hydrogens is 550 g/mol. The molecule has 2 fully saturated rings. The second-order valence-corrected chi connectivity index (χ2v) is 12.8. The summed E-state index contributed by atoms with van der Waals surface area (Å²) in [4.78, 5) is 21.5. The summed E-state index contributed by atoms with van der Waals surface area (Å²) in [6, 6.07) is 8.46. The van der Waals surface area contributed by atoms with Crippen molar-refractivity contribution in [2.75, 3.05) is 31.1 Å². The van der Waals surface area contributed by atoms with Crippen LogP contribution < -0.4 is 4.90 Å². The number of amides is 1. The van der Waals surface area contributed by atoms with Gasteiger partial charge in [-0.1, -0.05) is 12.1 Å². The molecular formula is C31H39N7O3S. The van der Waals surface area contributed by atoms with Gasteiger partial charge in [0.25, 0.3) is 0 Å².